The largest absolute Gasteiger partial charge is 0.391 e. The van der Waals surface area contributed by atoms with E-state index in [1.165, 1.54) is 11.5 Å². The maximum atomic E-state index is 9.87. The first-order chi connectivity index (χ1) is 7.65. The molecule has 1 aromatic heterocycles. The van der Waals surface area contributed by atoms with Gasteiger partial charge in [-0.05, 0) is 11.5 Å². The monoisotopic (exact) mass is 240 g/mol. The van der Waals surface area contributed by atoms with Gasteiger partial charge in [0.15, 0.2) is 0 Å². The quantitative estimate of drug-likeness (QED) is 0.788. The van der Waals surface area contributed by atoms with Crippen molar-refractivity contribution in [3.05, 3.63) is 5.01 Å². The maximum Gasteiger partial charge on any atom is 0.236 e. The molecule has 4 atom stereocenters. The first-order valence-corrected chi connectivity index (χ1v) is 6.34. The SMILES string of the molecule is CN(C)c1nsc(C2CN3CC(O)C2C3)n1. The number of hydrogen-bond acceptors (Lipinski definition) is 6. The minimum Gasteiger partial charge on any atom is -0.391 e. The lowest BCUT2D eigenvalue weighted by Crippen LogP contribution is -2.32. The van der Waals surface area contributed by atoms with Crippen LogP contribution in [0.2, 0.25) is 0 Å². The van der Waals surface area contributed by atoms with Crippen molar-refractivity contribution in [2.75, 3.05) is 38.6 Å². The van der Waals surface area contributed by atoms with Crippen LogP contribution < -0.4 is 4.90 Å². The van der Waals surface area contributed by atoms with Gasteiger partial charge in [0.05, 0.1) is 6.10 Å². The Labute approximate surface area is 98.9 Å². The number of fused-ring (bicyclic) bond motifs is 2. The summed E-state index contributed by atoms with van der Waals surface area (Å²) in [7, 11) is 3.90. The van der Waals surface area contributed by atoms with E-state index in [9.17, 15) is 5.11 Å². The second-order valence-corrected chi connectivity index (χ2v) is 5.67. The second kappa shape index (κ2) is 3.65. The fourth-order valence-electron chi connectivity index (χ4n) is 2.67. The van der Waals surface area contributed by atoms with Crippen molar-refractivity contribution < 1.29 is 5.11 Å². The van der Waals surface area contributed by atoms with Crippen LogP contribution in [-0.4, -0.2) is 59.2 Å². The molecule has 1 aromatic rings. The number of aliphatic hydroxyl groups excluding tert-OH is 1. The van der Waals surface area contributed by atoms with Crippen LogP contribution in [0, 0.1) is 5.92 Å². The second-order valence-electron chi connectivity index (χ2n) is 4.88. The molecule has 2 aliphatic heterocycles. The molecule has 0 radical (unpaired) electrons. The van der Waals surface area contributed by atoms with Crippen molar-refractivity contribution >= 4 is 17.5 Å². The molecule has 0 aliphatic carbocycles. The molecule has 0 amide bonds. The highest BCUT2D eigenvalue weighted by Crippen LogP contribution is 2.40. The molecule has 2 saturated heterocycles. The number of hydrogen-bond donors (Lipinski definition) is 1. The molecular formula is C10H16N4OS. The summed E-state index contributed by atoms with van der Waals surface area (Å²) in [5.41, 5.74) is 0. The zero-order valence-corrected chi connectivity index (χ0v) is 10.3. The van der Waals surface area contributed by atoms with Crippen LogP contribution in [0.3, 0.4) is 0 Å². The van der Waals surface area contributed by atoms with Gasteiger partial charge in [-0.3, -0.25) is 4.90 Å². The van der Waals surface area contributed by atoms with Crippen LogP contribution in [0.15, 0.2) is 0 Å². The zero-order chi connectivity index (χ0) is 11.3. The predicted octanol–water partition coefficient (Wildman–Crippen LogP) is -0.00600. The van der Waals surface area contributed by atoms with Crippen LogP contribution in [0.1, 0.15) is 10.9 Å². The summed E-state index contributed by atoms with van der Waals surface area (Å²) in [6.07, 6.45) is -0.176. The van der Waals surface area contributed by atoms with Gasteiger partial charge in [0, 0.05) is 45.6 Å². The van der Waals surface area contributed by atoms with E-state index in [0.717, 1.165) is 30.6 Å². The summed E-state index contributed by atoms with van der Waals surface area (Å²) >= 11 is 1.48. The Morgan fingerprint density at radius 1 is 1.38 bits per heavy atom. The van der Waals surface area contributed by atoms with E-state index >= 15 is 0 Å². The van der Waals surface area contributed by atoms with Crippen LogP contribution in [0.25, 0.3) is 0 Å². The summed E-state index contributed by atoms with van der Waals surface area (Å²) in [5, 5.41) is 11.0. The van der Waals surface area contributed by atoms with E-state index in [0.29, 0.717) is 11.8 Å². The molecule has 0 saturated carbocycles. The van der Waals surface area contributed by atoms with Gasteiger partial charge in [-0.1, -0.05) is 0 Å². The molecule has 5 nitrogen and oxygen atoms in total. The van der Waals surface area contributed by atoms with E-state index in [-0.39, 0.29) is 6.10 Å². The topological polar surface area (TPSA) is 52.5 Å². The van der Waals surface area contributed by atoms with E-state index in [1.54, 1.807) is 0 Å². The van der Waals surface area contributed by atoms with Gasteiger partial charge in [0.2, 0.25) is 5.95 Å². The predicted molar refractivity (Wildman–Crippen MR) is 62.9 cm³/mol. The minimum absolute atomic E-state index is 0.176. The van der Waals surface area contributed by atoms with Crippen molar-refractivity contribution in [2.45, 2.75) is 12.0 Å². The minimum atomic E-state index is -0.176. The van der Waals surface area contributed by atoms with Gasteiger partial charge >= 0.3 is 0 Å². The van der Waals surface area contributed by atoms with Gasteiger partial charge in [-0.25, -0.2) is 4.98 Å². The molecule has 6 heteroatoms. The van der Waals surface area contributed by atoms with E-state index in [2.05, 4.69) is 14.3 Å². The van der Waals surface area contributed by atoms with Crippen LogP contribution in [0.4, 0.5) is 5.95 Å². The van der Waals surface area contributed by atoms with Crippen LogP contribution >= 0.6 is 11.5 Å². The molecule has 88 valence electrons. The van der Waals surface area contributed by atoms with Crippen molar-refractivity contribution in [3.8, 4) is 0 Å². The van der Waals surface area contributed by atoms with Crippen molar-refractivity contribution in [3.63, 3.8) is 0 Å². The molecular weight excluding hydrogens is 224 g/mol. The Bertz CT molecular complexity index is 394. The third kappa shape index (κ3) is 1.52. The Hall–Kier alpha value is -0.720. The summed E-state index contributed by atoms with van der Waals surface area (Å²) in [6, 6.07) is 0. The molecule has 0 spiro atoms. The van der Waals surface area contributed by atoms with Gasteiger partial charge in [-0.15, -0.1) is 0 Å². The number of anilines is 1. The molecule has 3 heterocycles. The van der Waals surface area contributed by atoms with E-state index in [1.807, 2.05) is 19.0 Å². The number of aromatic nitrogens is 2. The van der Waals surface area contributed by atoms with Gasteiger partial charge in [0.25, 0.3) is 0 Å². The van der Waals surface area contributed by atoms with Crippen molar-refractivity contribution in [1.82, 2.24) is 14.3 Å². The Balaban J connectivity index is 1.82. The molecule has 2 aliphatic rings. The van der Waals surface area contributed by atoms with Crippen LogP contribution in [0.5, 0.6) is 0 Å². The normalized spacial score (nSPS) is 36.9. The average Bonchev–Trinajstić information content (AvgIpc) is 2.89. The first kappa shape index (κ1) is 10.4. The summed E-state index contributed by atoms with van der Waals surface area (Å²) in [4.78, 5) is 8.78. The van der Waals surface area contributed by atoms with Crippen molar-refractivity contribution in [1.29, 1.82) is 0 Å². The summed E-state index contributed by atoms with van der Waals surface area (Å²) < 4.78 is 4.33. The van der Waals surface area contributed by atoms with E-state index < -0.39 is 0 Å². The maximum absolute atomic E-state index is 9.87. The van der Waals surface area contributed by atoms with Crippen LogP contribution in [-0.2, 0) is 0 Å². The molecule has 16 heavy (non-hydrogen) atoms. The Kier molecular flexibility index (Phi) is 2.38. The zero-order valence-electron chi connectivity index (χ0n) is 9.50. The standard InChI is InChI=1S/C10H16N4OS/c1-13(2)10-11-9(16-12-10)7-4-14-3-6(7)8(15)5-14/h6-8,15H,3-5H2,1-2H3. The number of aliphatic hydroxyl groups is 1. The van der Waals surface area contributed by atoms with Crippen molar-refractivity contribution in [2.24, 2.45) is 5.92 Å². The smallest absolute Gasteiger partial charge is 0.236 e. The Morgan fingerprint density at radius 2 is 2.19 bits per heavy atom. The molecule has 1 N–H and O–H groups in total. The number of nitrogens with zero attached hydrogens (tertiary/aromatic N) is 4. The lowest BCUT2D eigenvalue weighted by molar-refractivity contribution is 0.106. The highest BCUT2D eigenvalue weighted by atomic mass is 32.1. The fraction of sp³-hybridized carbons (Fsp3) is 0.800. The first-order valence-electron chi connectivity index (χ1n) is 5.56. The highest BCUT2D eigenvalue weighted by Gasteiger charge is 2.46. The number of piperidine rings is 1. The van der Waals surface area contributed by atoms with Gasteiger partial charge in [-0.2, -0.15) is 4.37 Å². The lowest BCUT2D eigenvalue weighted by Gasteiger charge is -2.24. The fourth-order valence-corrected chi connectivity index (χ4v) is 3.56. The third-order valence-corrected chi connectivity index (χ3v) is 4.36. The molecule has 2 fully saturated rings. The lowest BCUT2D eigenvalue weighted by atomic mass is 9.91. The molecule has 3 rings (SSSR count). The van der Waals surface area contributed by atoms with E-state index in [4.69, 9.17) is 0 Å². The molecule has 0 aromatic carbocycles. The van der Waals surface area contributed by atoms with Gasteiger partial charge < -0.3 is 10.0 Å². The number of rotatable bonds is 2. The average molecular weight is 240 g/mol. The molecule has 2 bridgehead atoms. The summed E-state index contributed by atoms with van der Waals surface area (Å²) in [5.74, 6) is 1.53. The summed E-state index contributed by atoms with van der Waals surface area (Å²) in [6.45, 7) is 2.88. The third-order valence-electron chi connectivity index (χ3n) is 3.53. The highest BCUT2D eigenvalue weighted by molar-refractivity contribution is 7.05. The van der Waals surface area contributed by atoms with Gasteiger partial charge in [0.1, 0.15) is 5.01 Å². The Morgan fingerprint density at radius 3 is 2.75 bits per heavy atom. The molecule has 4 unspecified atom stereocenters.